The summed E-state index contributed by atoms with van der Waals surface area (Å²) in [6.07, 6.45) is 9.53. The molecule has 1 aliphatic carbocycles. The minimum atomic E-state index is -0.145. The Morgan fingerprint density at radius 2 is 2.00 bits per heavy atom. The van der Waals surface area contributed by atoms with E-state index >= 15 is 0 Å². The van der Waals surface area contributed by atoms with Crippen molar-refractivity contribution < 1.29 is 4.79 Å². The van der Waals surface area contributed by atoms with Crippen LogP contribution in [0.25, 0.3) is 0 Å². The fourth-order valence-electron chi connectivity index (χ4n) is 2.96. The Morgan fingerprint density at radius 1 is 1.32 bits per heavy atom. The van der Waals surface area contributed by atoms with Crippen LogP contribution in [0.4, 0.5) is 0 Å². The maximum Gasteiger partial charge on any atom is 0.244 e. The highest BCUT2D eigenvalue weighted by molar-refractivity contribution is 7.98. The maximum absolute atomic E-state index is 12.4. The summed E-state index contributed by atoms with van der Waals surface area (Å²) in [5.74, 6) is 2.14. The summed E-state index contributed by atoms with van der Waals surface area (Å²) in [4.78, 5) is 14.5. The SMILES string of the molecule is CSCCCCCCN1C(=O)C2(CC2)NC1C(C)C. The molecule has 0 aromatic carbocycles. The van der Waals surface area contributed by atoms with E-state index in [0.717, 1.165) is 25.8 Å². The minimum absolute atomic E-state index is 0.145. The second-order valence-corrected chi connectivity index (χ2v) is 7.31. The summed E-state index contributed by atoms with van der Waals surface area (Å²) >= 11 is 1.92. The van der Waals surface area contributed by atoms with Gasteiger partial charge in [-0.2, -0.15) is 11.8 Å². The van der Waals surface area contributed by atoms with Crippen LogP contribution in [0, 0.1) is 5.92 Å². The van der Waals surface area contributed by atoms with Crippen LogP contribution >= 0.6 is 11.8 Å². The van der Waals surface area contributed by atoms with Crippen molar-refractivity contribution in [1.82, 2.24) is 10.2 Å². The molecule has 2 aliphatic rings. The van der Waals surface area contributed by atoms with Gasteiger partial charge < -0.3 is 4.90 Å². The fraction of sp³-hybridized carbons (Fsp3) is 0.933. The Bertz CT molecular complexity index is 315. The third-order valence-electron chi connectivity index (χ3n) is 4.31. The minimum Gasteiger partial charge on any atom is -0.325 e. The topological polar surface area (TPSA) is 32.3 Å². The zero-order valence-corrected chi connectivity index (χ0v) is 13.4. The summed E-state index contributed by atoms with van der Waals surface area (Å²) in [6, 6.07) is 0. The maximum atomic E-state index is 12.4. The van der Waals surface area contributed by atoms with E-state index < -0.39 is 0 Å². The first-order chi connectivity index (χ1) is 9.10. The van der Waals surface area contributed by atoms with Gasteiger partial charge in [-0.15, -0.1) is 0 Å². The first kappa shape index (κ1) is 15.2. The lowest BCUT2D eigenvalue weighted by atomic mass is 10.1. The number of hydrogen-bond acceptors (Lipinski definition) is 3. The van der Waals surface area contributed by atoms with Crippen LogP contribution in [0.1, 0.15) is 52.4 Å². The Kier molecular flexibility index (Phi) is 5.18. The average molecular weight is 284 g/mol. The van der Waals surface area contributed by atoms with E-state index in [1.165, 1.54) is 25.0 Å². The van der Waals surface area contributed by atoms with E-state index in [1.54, 1.807) is 0 Å². The van der Waals surface area contributed by atoms with Crippen molar-refractivity contribution in [3.8, 4) is 0 Å². The molecule has 1 spiro atoms. The van der Waals surface area contributed by atoms with Crippen molar-refractivity contribution in [1.29, 1.82) is 0 Å². The Morgan fingerprint density at radius 3 is 2.58 bits per heavy atom. The number of nitrogens with one attached hydrogen (secondary N) is 1. The molecular weight excluding hydrogens is 256 g/mol. The largest absolute Gasteiger partial charge is 0.325 e. The van der Waals surface area contributed by atoms with Gasteiger partial charge in [-0.05, 0) is 43.6 Å². The molecule has 4 heteroatoms. The quantitative estimate of drug-likeness (QED) is 0.696. The summed E-state index contributed by atoms with van der Waals surface area (Å²) < 4.78 is 0. The van der Waals surface area contributed by atoms with Gasteiger partial charge in [0.15, 0.2) is 0 Å². The second kappa shape index (κ2) is 6.49. The van der Waals surface area contributed by atoms with Gasteiger partial charge in [0.1, 0.15) is 0 Å². The molecule has 1 unspecified atom stereocenters. The first-order valence-corrected chi connectivity index (χ1v) is 9.08. The molecule has 3 nitrogen and oxygen atoms in total. The smallest absolute Gasteiger partial charge is 0.244 e. The van der Waals surface area contributed by atoms with Crippen molar-refractivity contribution in [3.63, 3.8) is 0 Å². The van der Waals surface area contributed by atoms with Crippen LogP contribution in [0.2, 0.25) is 0 Å². The molecule has 1 saturated heterocycles. The van der Waals surface area contributed by atoms with E-state index in [2.05, 4.69) is 30.3 Å². The van der Waals surface area contributed by atoms with Crippen LogP contribution in [-0.4, -0.2) is 41.1 Å². The lowest BCUT2D eigenvalue weighted by molar-refractivity contribution is -0.131. The van der Waals surface area contributed by atoms with Gasteiger partial charge in [-0.3, -0.25) is 10.1 Å². The molecule has 1 saturated carbocycles. The number of nitrogens with zero attached hydrogens (tertiary/aromatic N) is 1. The Labute approximate surface area is 121 Å². The lowest BCUT2D eigenvalue weighted by Gasteiger charge is -2.27. The van der Waals surface area contributed by atoms with E-state index in [9.17, 15) is 4.79 Å². The monoisotopic (exact) mass is 284 g/mol. The first-order valence-electron chi connectivity index (χ1n) is 7.68. The predicted octanol–water partition coefficient (Wildman–Crippen LogP) is 2.86. The fourth-order valence-corrected chi connectivity index (χ4v) is 3.45. The van der Waals surface area contributed by atoms with Crippen LogP contribution in [0.15, 0.2) is 0 Å². The van der Waals surface area contributed by atoms with Crippen molar-refractivity contribution in [2.75, 3.05) is 18.6 Å². The molecule has 1 amide bonds. The third-order valence-corrected chi connectivity index (χ3v) is 5.01. The van der Waals surface area contributed by atoms with Crippen LogP contribution < -0.4 is 5.32 Å². The van der Waals surface area contributed by atoms with Crippen molar-refractivity contribution in [3.05, 3.63) is 0 Å². The number of rotatable bonds is 8. The summed E-state index contributed by atoms with van der Waals surface area (Å²) in [6.45, 7) is 5.35. The molecule has 1 N–H and O–H groups in total. The number of carbonyl (C=O) groups is 1. The van der Waals surface area contributed by atoms with Crippen LogP contribution in [-0.2, 0) is 4.79 Å². The van der Waals surface area contributed by atoms with E-state index in [-0.39, 0.29) is 11.7 Å². The summed E-state index contributed by atoms with van der Waals surface area (Å²) in [7, 11) is 0. The molecular formula is C15H28N2OS. The molecule has 110 valence electrons. The lowest BCUT2D eigenvalue weighted by Crippen LogP contribution is -2.42. The van der Waals surface area contributed by atoms with Gasteiger partial charge in [0, 0.05) is 6.54 Å². The van der Waals surface area contributed by atoms with Gasteiger partial charge >= 0.3 is 0 Å². The zero-order chi connectivity index (χ0) is 13.9. The van der Waals surface area contributed by atoms with E-state index in [1.807, 2.05) is 11.8 Å². The number of amides is 1. The number of unbranched alkanes of at least 4 members (excludes halogenated alkanes) is 3. The normalized spacial score (nSPS) is 24.7. The Hall–Kier alpha value is -0.220. The number of hydrogen-bond donors (Lipinski definition) is 1. The third kappa shape index (κ3) is 3.46. The van der Waals surface area contributed by atoms with E-state index in [0.29, 0.717) is 11.8 Å². The van der Waals surface area contributed by atoms with Crippen molar-refractivity contribution >= 4 is 17.7 Å². The zero-order valence-electron chi connectivity index (χ0n) is 12.6. The molecule has 0 aromatic heterocycles. The second-order valence-electron chi connectivity index (χ2n) is 6.32. The van der Waals surface area contributed by atoms with E-state index in [4.69, 9.17) is 0 Å². The van der Waals surface area contributed by atoms with Crippen molar-refractivity contribution in [2.45, 2.75) is 64.1 Å². The van der Waals surface area contributed by atoms with Gasteiger partial charge in [0.05, 0.1) is 11.7 Å². The average Bonchev–Trinajstić information content (AvgIpc) is 3.10. The molecule has 0 aromatic rings. The molecule has 1 atom stereocenters. The predicted molar refractivity (Wildman–Crippen MR) is 82.3 cm³/mol. The van der Waals surface area contributed by atoms with Crippen molar-refractivity contribution in [2.24, 2.45) is 5.92 Å². The molecule has 1 aliphatic heterocycles. The number of carbonyl (C=O) groups excluding carboxylic acids is 1. The molecule has 1 heterocycles. The van der Waals surface area contributed by atoms with Gasteiger partial charge in [0.2, 0.25) is 5.91 Å². The summed E-state index contributed by atoms with van der Waals surface area (Å²) in [5, 5.41) is 3.57. The van der Waals surface area contributed by atoms with Crippen LogP contribution in [0.3, 0.4) is 0 Å². The number of thioether (sulfide) groups is 1. The Balaban J connectivity index is 1.75. The summed E-state index contributed by atoms with van der Waals surface area (Å²) in [5.41, 5.74) is -0.145. The van der Waals surface area contributed by atoms with Gasteiger partial charge in [-0.25, -0.2) is 0 Å². The molecule has 2 rings (SSSR count). The highest BCUT2D eigenvalue weighted by atomic mass is 32.2. The molecule has 2 fully saturated rings. The molecule has 19 heavy (non-hydrogen) atoms. The van der Waals surface area contributed by atoms with Gasteiger partial charge in [0.25, 0.3) is 0 Å². The van der Waals surface area contributed by atoms with Crippen LogP contribution in [0.5, 0.6) is 0 Å². The van der Waals surface area contributed by atoms with Gasteiger partial charge in [-0.1, -0.05) is 26.7 Å². The molecule has 0 radical (unpaired) electrons. The molecule has 0 bridgehead atoms. The standard InChI is InChI=1S/C15H28N2OS/c1-12(2)13-16-15(8-9-15)14(18)17(13)10-6-4-5-7-11-19-3/h12-13,16H,4-11H2,1-3H3. The highest BCUT2D eigenvalue weighted by Gasteiger charge is 2.59. The highest BCUT2D eigenvalue weighted by Crippen LogP contribution is 2.43.